The number of nitrogens with one attached hydrogen (secondary N) is 1. The predicted octanol–water partition coefficient (Wildman–Crippen LogP) is 4.63. The average Bonchev–Trinajstić information content (AvgIpc) is 3.04. The van der Waals surface area contributed by atoms with Crippen molar-refractivity contribution in [3.63, 3.8) is 0 Å². The van der Waals surface area contributed by atoms with Gasteiger partial charge < -0.3 is 5.32 Å². The summed E-state index contributed by atoms with van der Waals surface area (Å²) in [5.41, 5.74) is 3.95. The maximum absolute atomic E-state index is 13.4. The smallest absolute Gasteiger partial charge is 0.265 e. The van der Waals surface area contributed by atoms with E-state index in [1.165, 1.54) is 0 Å². The van der Waals surface area contributed by atoms with Crippen LogP contribution in [0.4, 0.5) is 5.69 Å². The van der Waals surface area contributed by atoms with E-state index in [0.717, 1.165) is 16.8 Å². The van der Waals surface area contributed by atoms with Gasteiger partial charge in [-0.2, -0.15) is 0 Å². The molecule has 0 bridgehead atoms. The van der Waals surface area contributed by atoms with E-state index in [2.05, 4.69) is 5.32 Å². The van der Waals surface area contributed by atoms with Crippen molar-refractivity contribution >= 4 is 34.1 Å². The Hall–Kier alpha value is -3.44. The summed E-state index contributed by atoms with van der Waals surface area (Å²) in [6.07, 6.45) is 0.311. The van der Waals surface area contributed by atoms with Crippen LogP contribution in [0, 0.1) is 6.92 Å². The van der Waals surface area contributed by atoms with Gasteiger partial charge in [-0.15, -0.1) is 0 Å². The molecule has 1 aromatic heterocycles. The number of para-hydroxylation sites is 1. The number of amides is 1. The number of nitrogens with zero attached hydrogens (tertiary/aromatic N) is 2. The molecule has 1 amide bonds. The van der Waals surface area contributed by atoms with Crippen LogP contribution in [0.3, 0.4) is 0 Å². The minimum atomic E-state index is -0.411. The van der Waals surface area contributed by atoms with Gasteiger partial charge in [0.05, 0.1) is 22.5 Å². The largest absolute Gasteiger partial charge is 0.325 e. The van der Waals surface area contributed by atoms with Crippen molar-refractivity contribution in [2.45, 2.75) is 19.3 Å². The summed E-state index contributed by atoms with van der Waals surface area (Å²) in [6.45, 7) is 2.00. The number of halogens is 1. The standard InChI is InChI=1S/C24H18ClN3O2/c1-14-6-11-21-18(12-14)19(23(29)27-21)13-22-26-20-5-3-2-4-17(20)24(30)28(22)16-9-7-15(25)8-10-16/h2-12,19H,13H2,1H3,(H,27,29). The second kappa shape index (κ2) is 7.11. The van der Waals surface area contributed by atoms with Crippen LogP contribution in [0.15, 0.2) is 71.5 Å². The van der Waals surface area contributed by atoms with Crippen molar-refractivity contribution < 1.29 is 4.79 Å². The highest BCUT2D eigenvalue weighted by Crippen LogP contribution is 2.35. The van der Waals surface area contributed by atoms with Crippen molar-refractivity contribution in [2.75, 3.05) is 5.32 Å². The fourth-order valence-electron chi connectivity index (χ4n) is 4.00. The second-order valence-electron chi connectivity index (χ2n) is 7.50. The zero-order chi connectivity index (χ0) is 20.8. The summed E-state index contributed by atoms with van der Waals surface area (Å²) in [4.78, 5) is 30.9. The number of rotatable bonds is 3. The lowest BCUT2D eigenvalue weighted by atomic mass is 9.95. The van der Waals surface area contributed by atoms with Gasteiger partial charge in [0.2, 0.25) is 5.91 Å². The molecule has 148 valence electrons. The summed E-state index contributed by atoms with van der Waals surface area (Å²) < 4.78 is 1.58. The molecule has 5 nitrogen and oxygen atoms in total. The molecule has 0 saturated heterocycles. The molecule has 0 spiro atoms. The fraction of sp³-hybridized carbons (Fsp3) is 0.125. The summed E-state index contributed by atoms with van der Waals surface area (Å²) in [6, 6.07) is 20.2. The van der Waals surface area contributed by atoms with E-state index in [0.29, 0.717) is 33.9 Å². The molecule has 1 unspecified atom stereocenters. The molecule has 0 fully saturated rings. The minimum Gasteiger partial charge on any atom is -0.325 e. The first kappa shape index (κ1) is 18.6. The molecule has 0 aliphatic carbocycles. The van der Waals surface area contributed by atoms with Crippen LogP contribution in [0.5, 0.6) is 0 Å². The Bertz CT molecular complexity index is 1360. The van der Waals surface area contributed by atoms with Crippen molar-refractivity contribution in [1.82, 2.24) is 9.55 Å². The number of anilines is 1. The normalized spacial score (nSPS) is 15.3. The zero-order valence-electron chi connectivity index (χ0n) is 16.2. The highest BCUT2D eigenvalue weighted by atomic mass is 35.5. The number of hydrogen-bond donors (Lipinski definition) is 1. The highest BCUT2D eigenvalue weighted by Gasteiger charge is 2.32. The first-order valence-electron chi connectivity index (χ1n) is 9.69. The molecule has 1 atom stereocenters. The number of fused-ring (bicyclic) bond motifs is 2. The van der Waals surface area contributed by atoms with E-state index in [4.69, 9.17) is 16.6 Å². The lowest BCUT2D eigenvalue weighted by Crippen LogP contribution is -2.26. The number of carbonyl (C=O) groups excluding carboxylic acids is 1. The Kier molecular flexibility index (Phi) is 4.40. The summed E-state index contributed by atoms with van der Waals surface area (Å²) in [7, 11) is 0. The molecular weight excluding hydrogens is 398 g/mol. The van der Waals surface area contributed by atoms with Gasteiger partial charge in [0.1, 0.15) is 5.82 Å². The summed E-state index contributed by atoms with van der Waals surface area (Å²) >= 11 is 6.05. The van der Waals surface area contributed by atoms with E-state index in [9.17, 15) is 9.59 Å². The van der Waals surface area contributed by atoms with Gasteiger partial charge in [-0.1, -0.05) is 41.4 Å². The molecule has 0 saturated carbocycles. The van der Waals surface area contributed by atoms with E-state index in [-0.39, 0.29) is 11.5 Å². The monoisotopic (exact) mass is 415 g/mol. The van der Waals surface area contributed by atoms with Gasteiger partial charge in [0, 0.05) is 17.1 Å². The molecule has 30 heavy (non-hydrogen) atoms. The molecule has 5 rings (SSSR count). The Morgan fingerprint density at radius 1 is 1.03 bits per heavy atom. The Balaban J connectivity index is 1.70. The number of hydrogen-bond acceptors (Lipinski definition) is 3. The molecule has 1 aliphatic rings. The number of aromatic nitrogens is 2. The maximum atomic E-state index is 13.4. The first-order chi connectivity index (χ1) is 14.5. The van der Waals surface area contributed by atoms with Crippen LogP contribution < -0.4 is 10.9 Å². The van der Waals surface area contributed by atoms with Crippen molar-refractivity contribution in [3.8, 4) is 5.69 Å². The predicted molar refractivity (Wildman–Crippen MR) is 119 cm³/mol. The third-order valence-corrected chi connectivity index (χ3v) is 5.73. The quantitative estimate of drug-likeness (QED) is 0.530. The minimum absolute atomic E-state index is 0.0827. The SMILES string of the molecule is Cc1ccc2c(c1)C(Cc1nc3ccccc3c(=O)n1-c1ccc(Cl)cc1)C(=O)N2. The number of benzene rings is 3. The number of aryl methyl sites for hydroxylation is 1. The van der Waals surface area contributed by atoms with Crippen molar-refractivity contribution in [3.05, 3.63) is 99.1 Å². The molecular formula is C24H18ClN3O2. The Morgan fingerprint density at radius 2 is 1.80 bits per heavy atom. The third kappa shape index (κ3) is 3.08. The van der Waals surface area contributed by atoms with Gasteiger partial charge in [0.15, 0.2) is 0 Å². The second-order valence-corrected chi connectivity index (χ2v) is 7.94. The molecule has 4 aromatic rings. The molecule has 2 heterocycles. The van der Waals surface area contributed by atoms with Crippen LogP contribution in [-0.2, 0) is 11.2 Å². The van der Waals surface area contributed by atoms with Gasteiger partial charge >= 0.3 is 0 Å². The van der Waals surface area contributed by atoms with Crippen molar-refractivity contribution in [2.24, 2.45) is 0 Å². The van der Waals surface area contributed by atoms with Crippen LogP contribution in [-0.4, -0.2) is 15.5 Å². The molecule has 6 heteroatoms. The first-order valence-corrected chi connectivity index (χ1v) is 10.1. The highest BCUT2D eigenvalue weighted by molar-refractivity contribution is 6.30. The fourth-order valence-corrected chi connectivity index (χ4v) is 4.13. The van der Waals surface area contributed by atoms with Crippen LogP contribution >= 0.6 is 11.6 Å². The van der Waals surface area contributed by atoms with Crippen LogP contribution in [0.25, 0.3) is 16.6 Å². The van der Waals surface area contributed by atoms with Crippen LogP contribution in [0.2, 0.25) is 5.02 Å². The molecule has 1 N–H and O–H groups in total. The zero-order valence-corrected chi connectivity index (χ0v) is 17.0. The van der Waals surface area contributed by atoms with Gasteiger partial charge in [0.25, 0.3) is 5.56 Å². The van der Waals surface area contributed by atoms with Crippen molar-refractivity contribution in [1.29, 1.82) is 0 Å². The maximum Gasteiger partial charge on any atom is 0.265 e. The van der Waals surface area contributed by atoms with E-state index in [1.807, 2.05) is 43.3 Å². The summed E-state index contributed by atoms with van der Waals surface area (Å²) in [5.74, 6) is 0.0442. The average molecular weight is 416 g/mol. The summed E-state index contributed by atoms with van der Waals surface area (Å²) in [5, 5.41) is 4.06. The van der Waals surface area contributed by atoms with E-state index >= 15 is 0 Å². The van der Waals surface area contributed by atoms with Gasteiger partial charge in [-0.05, 0) is 55.0 Å². The molecule has 3 aromatic carbocycles. The van der Waals surface area contributed by atoms with E-state index < -0.39 is 5.92 Å². The Morgan fingerprint density at radius 3 is 2.60 bits per heavy atom. The third-order valence-electron chi connectivity index (χ3n) is 5.47. The van der Waals surface area contributed by atoms with Crippen LogP contribution in [0.1, 0.15) is 22.9 Å². The molecule has 0 radical (unpaired) electrons. The Labute approximate surface area is 178 Å². The molecule has 1 aliphatic heterocycles. The topological polar surface area (TPSA) is 64.0 Å². The number of carbonyl (C=O) groups is 1. The lowest BCUT2D eigenvalue weighted by Gasteiger charge is -2.16. The van der Waals surface area contributed by atoms with Gasteiger partial charge in [-0.25, -0.2) is 4.98 Å². The van der Waals surface area contributed by atoms with E-state index in [1.54, 1.807) is 34.9 Å². The van der Waals surface area contributed by atoms with Gasteiger partial charge in [-0.3, -0.25) is 14.2 Å². The lowest BCUT2D eigenvalue weighted by molar-refractivity contribution is -0.117.